The Balaban J connectivity index is 1.55. The van der Waals surface area contributed by atoms with Crippen LogP contribution in [0.15, 0.2) is 70.9 Å². The average molecular weight is 564 g/mol. The molecule has 3 aromatic carbocycles. The maximum Gasteiger partial charge on any atom is 0.250 e. The van der Waals surface area contributed by atoms with Crippen LogP contribution in [-0.4, -0.2) is 65.7 Å². The fourth-order valence-electron chi connectivity index (χ4n) is 3.79. The number of hydrogen-bond donors (Lipinski definition) is 2. The predicted molar refractivity (Wildman–Crippen MR) is 152 cm³/mol. The highest BCUT2D eigenvalue weighted by atomic mass is 32.2. The van der Waals surface area contributed by atoms with Gasteiger partial charge in [0.05, 0.1) is 39.9 Å². The molecule has 4 aromatic rings. The van der Waals surface area contributed by atoms with E-state index in [1.807, 2.05) is 41.8 Å². The summed E-state index contributed by atoms with van der Waals surface area (Å²) in [5.74, 6) is 2.04. The highest BCUT2D eigenvalue weighted by Gasteiger charge is 2.21. The van der Waals surface area contributed by atoms with E-state index in [2.05, 4.69) is 20.7 Å². The van der Waals surface area contributed by atoms with E-state index in [0.29, 0.717) is 51.7 Å². The molecule has 0 unspecified atom stereocenters. The van der Waals surface area contributed by atoms with Gasteiger partial charge in [-0.3, -0.25) is 9.36 Å². The molecule has 0 bridgehead atoms. The molecule has 208 valence electrons. The molecule has 1 aromatic heterocycles. The molecule has 2 N–H and O–H groups in total. The zero-order chi connectivity index (χ0) is 28.5. The van der Waals surface area contributed by atoms with Crippen molar-refractivity contribution in [2.45, 2.75) is 12.1 Å². The second kappa shape index (κ2) is 13.4. The third kappa shape index (κ3) is 6.46. The normalized spacial score (nSPS) is 10.9. The molecular weight excluding hydrogens is 534 g/mol. The molecule has 0 atom stereocenters. The predicted octanol–water partition coefficient (Wildman–Crippen LogP) is 4.31. The lowest BCUT2D eigenvalue weighted by Gasteiger charge is -2.15. The van der Waals surface area contributed by atoms with E-state index >= 15 is 0 Å². The molecule has 0 saturated heterocycles. The molecule has 0 spiro atoms. The first-order valence-electron chi connectivity index (χ1n) is 12.2. The SMILES string of the molecule is CCOc1cc(/C=N/NC(=O)CSc2nnc(-c3cc(OC)c(OC)c(OC)c3)n2-c2ccccc2)ccc1O. The van der Waals surface area contributed by atoms with E-state index in [1.54, 1.807) is 45.6 Å². The van der Waals surface area contributed by atoms with Gasteiger partial charge in [-0.15, -0.1) is 10.2 Å². The van der Waals surface area contributed by atoms with E-state index < -0.39 is 0 Å². The van der Waals surface area contributed by atoms with Crippen molar-refractivity contribution in [3.8, 4) is 45.8 Å². The van der Waals surface area contributed by atoms with Gasteiger partial charge in [0.25, 0.3) is 5.91 Å². The first-order valence-corrected chi connectivity index (χ1v) is 13.2. The number of hydrazone groups is 1. The summed E-state index contributed by atoms with van der Waals surface area (Å²) in [6, 6.07) is 18.0. The van der Waals surface area contributed by atoms with E-state index in [4.69, 9.17) is 18.9 Å². The summed E-state index contributed by atoms with van der Waals surface area (Å²) in [6.45, 7) is 2.24. The summed E-state index contributed by atoms with van der Waals surface area (Å²) in [5.41, 5.74) is 4.67. The number of phenolic OH excluding ortho intramolecular Hbond substituents is 1. The van der Waals surface area contributed by atoms with Crippen LogP contribution >= 0.6 is 11.8 Å². The zero-order valence-electron chi connectivity index (χ0n) is 22.5. The zero-order valence-corrected chi connectivity index (χ0v) is 23.3. The molecule has 1 heterocycles. The highest BCUT2D eigenvalue weighted by molar-refractivity contribution is 7.99. The Labute approximate surface area is 235 Å². The molecule has 0 fully saturated rings. The molecule has 0 radical (unpaired) electrons. The molecule has 40 heavy (non-hydrogen) atoms. The number of methoxy groups -OCH3 is 3. The standard InChI is InChI=1S/C28H29N5O6S/c1-5-39-22-13-18(11-12-21(22)34)16-29-30-25(35)17-40-28-32-31-27(33(28)20-9-7-6-8-10-20)19-14-23(36-2)26(38-4)24(15-19)37-3/h6-16,34H,5,17H2,1-4H3,(H,30,35)/b29-16+. The quantitative estimate of drug-likeness (QED) is 0.147. The van der Waals surface area contributed by atoms with E-state index in [1.165, 1.54) is 24.0 Å². The molecule has 11 nitrogen and oxygen atoms in total. The number of hydrogen-bond acceptors (Lipinski definition) is 10. The van der Waals surface area contributed by atoms with Gasteiger partial charge in [0.2, 0.25) is 5.75 Å². The van der Waals surface area contributed by atoms with Crippen LogP contribution < -0.4 is 24.4 Å². The van der Waals surface area contributed by atoms with Crippen LogP contribution in [0.2, 0.25) is 0 Å². The van der Waals surface area contributed by atoms with Crippen molar-refractivity contribution in [2.24, 2.45) is 5.10 Å². The van der Waals surface area contributed by atoms with E-state index in [9.17, 15) is 9.90 Å². The Kier molecular flexibility index (Phi) is 9.47. The summed E-state index contributed by atoms with van der Waals surface area (Å²) in [4.78, 5) is 12.6. The number of aromatic nitrogens is 3. The van der Waals surface area contributed by atoms with Crippen LogP contribution in [0.25, 0.3) is 17.1 Å². The van der Waals surface area contributed by atoms with Gasteiger partial charge in [0.1, 0.15) is 0 Å². The van der Waals surface area contributed by atoms with Gasteiger partial charge in [-0.25, -0.2) is 5.43 Å². The van der Waals surface area contributed by atoms with Crippen LogP contribution in [0, 0.1) is 0 Å². The van der Waals surface area contributed by atoms with Crippen LogP contribution in [-0.2, 0) is 4.79 Å². The monoisotopic (exact) mass is 563 g/mol. The maximum atomic E-state index is 12.6. The molecule has 4 rings (SSSR count). The average Bonchev–Trinajstić information content (AvgIpc) is 3.41. The Morgan fingerprint density at radius 3 is 2.38 bits per heavy atom. The number of ether oxygens (including phenoxy) is 4. The smallest absolute Gasteiger partial charge is 0.250 e. The van der Waals surface area contributed by atoms with Crippen molar-refractivity contribution in [2.75, 3.05) is 33.7 Å². The Morgan fingerprint density at radius 2 is 1.73 bits per heavy atom. The van der Waals surface area contributed by atoms with Gasteiger partial charge in [-0.05, 0) is 55.0 Å². The van der Waals surface area contributed by atoms with Gasteiger partial charge in [0, 0.05) is 11.3 Å². The summed E-state index contributed by atoms with van der Waals surface area (Å²) in [7, 11) is 4.63. The number of aromatic hydroxyl groups is 1. The highest BCUT2D eigenvalue weighted by Crippen LogP contribution is 2.41. The maximum absolute atomic E-state index is 12.6. The summed E-state index contributed by atoms with van der Waals surface area (Å²) in [6.07, 6.45) is 1.47. The number of benzene rings is 3. The Morgan fingerprint density at radius 1 is 1.00 bits per heavy atom. The Hall–Kier alpha value is -4.71. The van der Waals surface area contributed by atoms with Crippen LogP contribution in [0.3, 0.4) is 0 Å². The minimum absolute atomic E-state index is 0.0351. The molecule has 0 aliphatic heterocycles. The van der Waals surface area contributed by atoms with Gasteiger partial charge in [-0.1, -0.05) is 30.0 Å². The van der Waals surface area contributed by atoms with Gasteiger partial charge < -0.3 is 24.1 Å². The van der Waals surface area contributed by atoms with Gasteiger partial charge in [-0.2, -0.15) is 5.10 Å². The molecule has 12 heteroatoms. The van der Waals surface area contributed by atoms with Crippen LogP contribution in [0.4, 0.5) is 0 Å². The Bertz CT molecular complexity index is 1470. The second-order valence-electron chi connectivity index (χ2n) is 8.13. The molecular formula is C28H29N5O6S. The number of para-hydroxylation sites is 1. The lowest BCUT2D eigenvalue weighted by molar-refractivity contribution is -0.118. The molecule has 0 aliphatic rings. The summed E-state index contributed by atoms with van der Waals surface area (Å²) in [5, 5.41) is 23.2. The molecule has 0 saturated carbocycles. The molecule has 1 amide bonds. The van der Waals surface area contributed by atoms with E-state index in [0.717, 1.165) is 5.69 Å². The molecule has 0 aliphatic carbocycles. The largest absolute Gasteiger partial charge is 0.504 e. The number of thioether (sulfide) groups is 1. The number of carbonyl (C=O) groups excluding carboxylic acids is 1. The minimum atomic E-state index is -0.331. The third-order valence-corrected chi connectivity index (χ3v) is 6.52. The van der Waals surface area contributed by atoms with Crippen molar-refractivity contribution < 1.29 is 28.8 Å². The van der Waals surface area contributed by atoms with Crippen LogP contribution in [0.5, 0.6) is 28.7 Å². The van der Waals surface area contributed by atoms with Gasteiger partial charge >= 0.3 is 0 Å². The lowest BCUT2D eigenvalue weighted by atomic mass is 10.1. The number of carbonyl (C=O) groups is 1. The second-order valence-corrected chi connectivity index (χ2v) is 9.08. The van der Waals surface area contributed by atoms with Crippen LogP contribution in [0.1, 0.15) is 12.5 Å². The first kappa shape index (κ1) is 28.3. The summed E-state index contributed by atoms with van der Waals surface area (Å²) >= 11 is 1.21. The van der Waals surface area contributed by atoms with Gasteiger partial charge in [0.15, 0.2) is 34.0 Å². The number of nitrogens with zero attached hydrogens (tertiary/aromatic N) is 4. The number of amides is 1. The van der Waals surface area contributed by atoms with Crippen molar-refractivity contribution >= 4 is 23.9 Å². The van der Waals surface area contributed by atoms with Crippen molar-refractivity contribution in [3.63, 3.8) is 0 Å². The summed E-state index contributed by atoms with van der Waals surface area (Å²) < 4.78 is 23.7. The number of phenols is 1. The fraction of sp³-hybridized carbons (Fsp3) is 0.214. The third-order valence-electron chi connectivity index (χ3n) is 5.59. The number of rotatable bonds is 12. The van der Waals surface area contributed by atoms with Crippen molar-refractivity contribution in [1.82, 2.24) is 20.2 Å². The fourth-order valence-corrected chi connectivity index (χ4v) is 4.54. The number of nitrogens with one attached hydrogen (secondary N) is 1. The van der Waals surface area contributed by atoms with Crippen molar-refractivity contribution in [3.05, 3.63) is 66.2 Å². The van der Waals surface area contributed by atoms with Crippen molar-refractivity contribution in [1.29, 1.82) is 0 Å². The van der Waals surface area contributed by atoms with E-state index in [-0.39, 0.29) is 17.4 Å². The topological polar surface area (TPSA) is 129 Å². The first-order chi connectivity index (χ1) is 19.5. The lowest BCUT2D eigenvalue weighted by Crippen LogP contribution is -2.20. The minimum Gasteiger partial charge on any atom is -0.504 e.